The second kappa shape index (κ2) is 5.72. The molecule has 2 aliphatic carbocycles. The first-order valence-corrected chi connectivity index (χ1v) is 7.79. The molecule has 3 rings (SSSR count). The molecule has 2 bridgehead atoms. The van der Waals surface area contributed by atoms with E-state index < -0.39 is 0 Å². The van der Waals surface area contributed by atoms with Crippen LogP contribution in [0.15, 0.2) is 12.2 Å². The predicted octanol–water partition coefficient (Wildman–Crippen LogP) is 0.915. The fraction of sp³-hybridized carbons (Fsp3) is 0.688. The molecule has 1 aliphatic heterocycles. The lowest BCUT2D eigenvalue weighted by Gasteiger charge is -2.16. The average Bonchev–Trinajstić information content (AvgIpc) is 3.14. The van der Waals surface area contributed by atoms with Crippen LogP contribution < -0.4 is 0 Å². The van der Waals surface area contributed by atoms with Gasteiger partial charge in [-0.1, -0.05) is 12.2 Å². The standard InChI is InChI=1S/C16H21NO4/c18-8-2-4-12(19)3-1-7-17-15(20)13-10-5-6-11(9-10)14(13)16(17)21/h5-6,10-11,13-14,18H,1-4,7-9H2/t10-,11+,13+,14-. The van der Waals surface area contributed by atoms with E-state index in [2.05, 4.69) is 12.2 Å². The minimum Gasteiger partial charge on any atom is -0.396 e. The summed E-state index contributed by atoms with van der Waals surface area (Å²) >= 11 is 0. The second-order valence-electron chi connectivity index (χ2n) is 6.30. The van der Waals surface area contributed by atoms with Crippen LogP contribution in [-0.4, -0.2) is 40.8 Å². The number of Topliss-reactive ketones (excluding diaryl/α,β-unsaturated/α-hetero) is 1. The summed E-state index contributed by atoms with van der Waals surface area (Å²) in [6, 6.07) is 0. The second-order valence-corrected chi connectivity index (χ2v) is 6.30. The number of hydrogen-bond acceptors (Lipinski definition) is 4. The summed E-state index contributed by atoms with van der Waals surface area (Å²) in [5, 5.41) is 8.67. The van der Waals surface area contributed by atoms with E-state index >= 15 is 0 Å². The monoisotopic (exact) mass is 291 g/mol. The first kappa shape index (κ1) is 14.4. The minimum absolute atomic E-state index is 0.0218. The fourth-order valence-corrected chi connectivity index (χ4v) is 4.02. The van der Waals surface area contributed by atoms with E-state index in [4.69, 9.17) is 5.11 Å². The van der Waals surface area contributed by atoms with Crippen LogP contribution in [0.1, 0.15) is 32.1 Å². The number of likely N-dealkylation sites (tertiary alicyclic amines) is 1. The van der Waals surface area contributed by atoms with E-state index in [9.17, 15) is 14.4 Å². The van der Waals surface area contributed by atoms with Crippen LogP contribution in [0.2, 0.25) is 0 Å². The summed E-state index contributed by atoms with van der Waals surface area (Å²) in [6.07, 6.45) is 6.87. The SMILES string of the molecule is O=C(CCCO)CCCN1C(=O)[C@@H]2[C@H](C1=O)[C@H]1C=C[C@@H]2C1. The van der Waals surface area contributed by atoms with E-state index in [1.165, 1.54) is 4.90 Å². The number of rotatable bonds is 7. The largest absolute Gasteiger partial charge is 0.396 e. The number of carbonyl (C=O) groups is 3. The molecule has 4 atom stereocenters. The third-order valence-electron chi connectivity index (χ3n) is 5.01. The molecule has 1 N–H and O–H groups in total. The van der Waals surface area contributed by atoms with Crippen molar-refractivity contribution in [3.05, 3.63) is 12.2 Å². The van der Waals surface area contributed by atoms with Gasteiger partial charge >= 0.3 is 0 Å². The molecule has 1 saturated carbocycles. The normalized spacial score (nSPS) is 33.1. The number of imide groups is 1. The molecule has 2 fully saturated rings. The molecular formula is C16H21NO4. The Morgan fingerprint density at radius 2 is 1.67 bits per heavy atom. The zero-order valence-corrected chi connectivity index (χ0v) is 12.0. The first-order valence-electron chi connectivity index (χ1n) is 7.79. The van der Waals surface area contributed by atoms with Crippen LogP contribution in [0, 0.1) is 23.7 Å². The number of aliphatic hydroxyl groups excluding tert-OH is 1. The van der Waals surface area contributed by atoms with Gasteiger partial charge in [0.05, 0.1) is 11.8 Å². The Balaban J connectivity index is 1.52. The van der Waals surface area contributed by atoms with E-state index in [1.807, 2.05) is 0 Å². The number of aliphatic hydroxyl groups is 1. The maximum absolute atomic E-state index is 12.4. The zero-order chi connectivity index (χ0) is 15.0. The molecule has 5 nitrogen and oxygen atoms in total. The van der Waals surface area contributed by atoms with Crippen molar-refractivity contribution < 1.29 is 19.5 Å². The van der Waals surface area contributed by atoms with Gasteiger partial charge in [0, 0.05) is 26.0 Å². The molecule has 0 aromatic carbocycles. The van der Waals surface area contributed by atoms with Gasteiger partial charge in [0.1, 0.15) is 5.78 Å². The molecule has 0 unspecified atom stereocenters. The van der Waals surface area contributed by atoms with Crippen LogP contribution >= 0.6 is 0 Å². The van der Waals surface area contributed by atoms with Gasteiger partial charge in [-0.15, -0.1) is 0 Å². The Hall–Kier alpha value is -1.49. The predicted molar refractivity (Wildman–Crippen MR) is 75.0 cm³/mol. The lowest BCUT2D eigenvalue weighted by Crippen LogP contribution is -2.34. The summed E-state index contributed by atoms with van der Waals surface area (Å²) < 4.78 is 0. The highest BCUT2D eigenvalue weighted by Crippen LogP contribution is 2.52. The van der Waals surface area contributed by atoms with Gasteiger partial charge < -0.3 is 5.11 Å². The molecular weight excluding hydrogens is 270 g/mol. The van der Waals surface area contributed by atoms with Gasteiger partial charge in [-0.05, 0) is 31.1 Å². The third kappa shape index (κ3) is 2.44. The lowest BCUT2D eigenvalue weighted by atomic mass is 9.85. The summed E-state index contributed by atoms with van der Waals surface area (Å²) in [4.78, 5) is 37.7. The van der Waals surface area contributed by atoms with Crippen molar-refractivity contribution in [2.45, 2.75) is 32.1 Å². The number of allylic oxidation sites excluding steroid dienone is 2. The van der Waals surface area contributed by atoms with Crippen molar-refractivity contribution in [3.8, 4) is 0 Å². The van der Waals surface area contributed by atoms with Crippen molar-refractivity contribution in [1.82, 2.24) is 4.90 Å². The van der Waals surface area contributed by atoms with Crippen LogP contribution in [0.25, 0.3) is 0 Å². The Morgan fingerprint density at radius 3 is 2.24 bits per heavy atom. The van der Waals surface area contributed by atoms with E-state index in [-0.39, 0.29) is 47.9 Å². The van der Waals surface area contributed by atoms with Crippen LogP contribution in [0.3, 0.4) is 0 Å². The molecule has 0 spiro atoms. The van der Waals surface area contributed by atoms with Crippen molar-refractivity contribution in [2.75, 3.05) is 13.2 Å². The van der Waals surface area contributed by atoms with Crippen LogP contribution in [-0.2, 0) is 14.4 Å². The van der Waals surface area contributed by atoms with Crippen molar-refractivity contribution in [1.29, 1.82) is 0 Å². The number of ketones is 1. The van der Waals surface area contributed by atoms with Crippen molar-refractivity contribution >= 4 is 17.6 Å². The Bertz CT molecular complexity index is 469. The molecule has 2 amide bonds. The third-order valence-corrected chi connectivity index (χ3v) is 5.01. The summed E-state index contributed by atoms with van der Waals surface area (Å²) in [5.41, 5.74) is 0. The van der Waals surface area contributed by atoms with Gasteiger partial charge in [-0.3, -0.25) is 19.3 Å². The molecule has 1 heterocycles. The zero-order valence-electron chi connectivity index (χ0n) is 12.0. The van der Waals surface area contributed by atoms with Crippen molar-refractivity contribution in [3.63, 3.8) is 0 Å². The molecule has 21 heavy (non-hydrogen) atoms. The van der Waals surface area contributed by atoms with E-state index in [0.717, 1.165) is 6.42 Å². The average molecular weight is 291 g/mol. The summed E-state index contributed by atoms with van der Waals surface area (Å²) in [6.45, 7) is 0.378. The Labute approximate surface area is 124 Å². The van der Waals surface area contributed by atoms with E-state index in [0.29, 0.717) is 32.2 Å². The molecule has 1 saturated heterocycles. The summed E-state index contributed by atoms with van der Waals surface area (Å²) in [5.74, 6) is 0.217. The topological polar surface area (TPSA) is 74.7 Å². The Morgan fingerprint density at radius 1 is 1.10 bits per heavy atom. The quantitative estimate of drug-likeness (QED) is 0.559. The highest BCUT2D eigenvalue weighted by Gasteiger charge is 2.58. The first-order chi connectivity index (χ1) is 10.1. The number of carbonyl (C=O) groups excluding carboxylic acids is 3. The molecule has 0 aromatic rings. The molecule has 114 valence electrons. The number of nitrogens with zero attached hydrogens (tertiary/aromatic N) is 1. The Kier molecular flexibility index (Phi) is 3.93. The number of hydrogen-bond donors (Lipinski definition) is 1. The number of amides is 2. The molecule has 0 radical (unpaired) electrons. The smallest absolute Gasteiger partial charge is 0.233 e. The molecule has 5 heteroatoms. The highest BCUT2D eigenvalue weighted by molar-refractivity contribution is 6.06. The molecule has 0 aromatic heterocycles. The van der Waals surface area contributed by atoms with E-state index in [1.54, 1.807) is 0 Å². The highest BCUT2D eigenvalue weighted by atomic mass is 16.3. The van der Waals surface area contributed by atoms with Gasteiger partial charge in [-0.25, -0.2) is 0 Å². The van der Waals surface area contributed by atoms with Gasteiger partial charge in [-0.2, -0.15) is 0 Å². The fourth-order valence-electron chi connectivity index (χ4n) is 4.02. The maximum Gasteiger partial charge on any atom is 0.233 e. The molecule has 3 aliphatic rings. The maximum atomic E-state index is 12.4. The van der Waals surface area contributed by atoms with Crippen LogP contribution in [0.4, 0.5) is 0 Å². The summed E-state index contributed by atoms with van der Waals surface area (Å²) in [7, 11) is 0. The van der Waals surface area contributed by atoms with Gasteiger partial charge in [0.15, 0.2) is 0 Å². The van der Waals surface area contributed by atoms with Crippen molar-refractivity contribution in [2.24, 2.45) is 23.7 Å². The number of fused-ring (bicyclic) bond motifs is 5. The van der Waals surface area contributed by atoms with Crippen LogP contribution in [0.5, 0.6) is 0 Å². The minimum atomic E-state index is -0.141. The lowest BCUT2D eigenvalue weighted by molar-refractivity contribution is -0.141. The van der Waals surface area contributed by atoms with Gasteiger partial charge in [0.2, 0.25) is 11.8 Å². The van der Waals surface area contributed by atoms with Gasteiger partial charge in [0.25, 0.3) is 0 Å².